The molecule has 6 rings (SSSR count). The first-order valence-electron chi connectivity index (χ1n) is 19.2. The van der Waals surface area contributed by atoms with Crippen LogP contribution in [-0.4, -0.2) is 24.3 Å². The van der Waals surface area contributed by atoms with Gasteiger partial charge in [0, 0.05) is 24.7 Å². The molecule has 0 aromatic heterocycles. The molecule has 0 radical (unpaired) electrons. The van der Waals surface area contributed by atoms with Crippen molar-refractivity contribution in [3.8, 4) is 0 Å². The summed E-state index contributed by atoms with van der Waals surface area (Å²) in [6.45, 7) is 10.1. The molecule has 4 aromatic carbocycles. The molecule has 0 aliphatic heterocycles. The van der Waals surface area contributed by atoms with Crippen LogP contribution in [0.2, 0.25) is 0 Å². The number of benzene rings is 4. The highest BCUT2D eigenvalue weighted by Crippen LogP contribution is 2.37. The van der Waals surface area contributed by atoms with Gasteiger partial charge in [-0.1, -0.05) is 26.7 Å². The normalized spacial score (nSPS) is 22.2. The molecule has 0 amide bonds. The highest BCUT2D eigenvalue weighted by Gasteiger charge is 2.53. The average molecular weight is 932 g/mol. The van der Waals surface area contributed by atoms with Gasteiger partial charge in [-0.15, -0.1) is 21.9 Å². The second-order valence-corrected chi connectivity index (χ2v) is 16.6. The lowest BCUT2D eigenvalue weighted by molar-refractivity contribution is -0.990. The van der Waals surface area contributed by atoms with E-state index in [1.165, 1.54) is 51.4 Å². The molecule has 63 heavy (non-hydrogen) atoms. The number of nitrogens with one attached hydrogen (secondary N) is 1. The molecular weight excluding hydrogens is 897 g/mol. The van der Waals surface area contributed by atoms with Gasteiger partial charge in [0.25, 0.3) is 0 Å². The highest BCUT2D eigenvalue weighted by atomic mass is 19.2. The minimum absolute atomic E-state index is 0.512. The Morgan fingerprint density at radius 1 is 0.333 bits per heavy atom. The van der Waals surface area contributed by atoms with Gasteiger partial charge in [0.2, 0.25) is 0 Å². The standard InChI is InChI=1S/C24BF20.C17H33N/c26-5-1(6(27)14(35)21(42)13(5)34)25(2-7(28)15(36)22(43)16(37)8(2)29,3-9(30)17(38)23(44)18(39)10(3)31)4-11(32)19(40)24(45)20(41)12(4)33;1-14-10-6-8-12-16(14,3)18(5)17(4)13-9-7-11-15(17)2/h;14-15H,6-13H2,1-5H3/q-1;/p+1. The molecule has 2 aliphatic rings. The minimum Gasteiger partial charge on any atom is -0.328 e. The Morgan fingerprint density at radius 2 is 0.508 bits per heavy atom. The summed E-state index contributed by atoms with van der Waals surface area (Å²) in [5.41, 5.74) is -13.3. The Bertz CT molecular complexity index is 2070. The lowest BCUT2D eigenvalue weighted by Gasteiger charge is -2.54. The summed E-state index contributed by atoms with van der Waals surface area (Å²) in [6, 6.07) is 0. The molecule has 22 heteroatoms. The van der Waals surface area contributed by atoms with Crippen molar-refractivity contribution >= 4 is 28.0 Å². The smallest absolute Gasteiger partial charge is 0.200 e. The molecule has 2 aliphatic carbocycles. The predicted molar refractivity (Wildman–Crippen MR) is 188 cm³/mol. The molecule has 346 valence electrons. The van der Waals surface area contributed by atoms with E-state index in [1.54, 1.807) is 0 Å². The second kappa shape index (κ2) is 17.5. The zero-order valence-electron chi connectivity index (χ0n) is 33.4. The van der Waals surface area contributed by atoms with Gasteiger partial charge in [-0.25, -0.2) is 87.8 Å². The van der Waals surface area contributed by atoms with Gasteiger partial charge in [-0.2, -0.15) is 0 Å². The highest BCUT2D eigenvalue weighted by molar-refractivity contribution is 7.20. The first-order chi connectivity index (χ1) is 29.1. The van der Waals surface area contributed by atoms with Crippen molar-refractivity contribution in [1.82, 2.24) is 0 Å². The van der Waals surface area contributed by atoms with Crippen LogP contribution in [0, 0.1) is 128 Å². The third-order valence-corrected chi connectivity index (χ3v) is 13.8. The van der Waals surface area contributed by atoms with Crippen LogP contribution >= 0.6 is 0 Å². The van der Waals surface area contributed by atoms with E-state index in [0.717, 1.165) is 11.8 Å². The topological polar surface area (TPSA) is 4.44 Å². The van der Waals surface area contributed by atoms with Crippen LogP contribution in [0.5, 0.6) is 0 Å². The molecule has 0 spiro atoms. The zero-order chi connectivity index (χ0) is 47.7. The largest absolute Gasteiger partial charge is 0.328 e. The lowest BCUT2D eigenvalue weighted by atomic mass is 9.12. The molecule has 2 fully saturated rings. The summed E-state index contributed by atoms with van der Waals surface area (Å²) in [6.07, 6.45) is 4.34. The Morgan fingerprint density at radius 3 is 0.683 bits per heavy atom. The van der Waals surface area contributed by atoms with E-state index in [4.69, 9.17) is 0 Å². The SMILES string of the molecule is CC1CCCCC1(C)[NH+](C)C1(C)CCCCC1C.Fc1c(F)c(F)c([B-](c2c(F)c(F)c(F)c(F)c2F)(c2c(F)c(F)c(F)c(F)c2F)c2c(F)c(F)c(F)c(F)c2F)c(F)c1F. The van der Waals surface area contributed by atoms with Crippen molar-refractivity contribution in [1.29, 1.82) is 0 Å². The zero-order valence-corrected chi connectivity index (χ0v) is 33.4. The molecule has 4 aromatic rings. The van der Waals surface area contributed by atoms with Crippen molar-refractivity contribution < 1.29 is 92.7 Å². The maximum absolute atomic E-state index is 15.4. The summed E-state index contributed by atoms with van der Waals surface area (Å²) in [7, 11) is 2.50. The summed E-state index contributed by atoms with van der Waals surface area (Å²) in [5, 5.41) is 0. The summed E-state index contributed by atoms with van der Waals surface area (Å²) >= 11 is 0. The van der Waals surface area contributed by atoms with Crippen LogP contribution in [-0.2, 0) is 0 Å². The van der Waals surface area contributed by atoms with Crippen molar-refractivity contribution in [2.45, 2.75) is 90.1 Å². The number of hydrogen-bond donors (Lipinski definition) is 1. The molecule has 4 unspecified atom stereocenters. The van der Waals surface area contributed by atoms with E-state index in [-0.39, 0.29) is 0 Å². The fourth-order valence-corrected chi connectivity index (χ4v) is 9.66. The van der Waals surface area contributed by atoms with Crippen molar-refractivity contribution in [3.63, 3.8) is 0 Å². The maximum atomic E-state index is 15.4. The predicted octanol–water partition coefficient (Wildman–Crippen LogP) is 9.28. The van der Waals surface area contributed by atoms with Crippen LogP contribution < -0.4 is 26.8 Å². The van der Waals surface area contributed by atoms with Gasteiger partial charge in [-0.3, -0.25) is 0 Å². The van der Waals surface area contributed by atoms with Crippen LogP contribution in [0.4, 0.5) is 87.8 Å². The van der Waals surface area contributed by atoms with E-state index < -0.39 is 144 Å². The molecule has 1 nitrogen and oxygen atoms in total. The van der Waals surface area contributed by atoms with Gasteiger partial charge in [0.15, 0.2) is 69.8 Å². The number of rotatable bonds is 6. The Balaban J connectivity index is 0.000000345. The third-order valence-electron chi connectivity index (χ3n) is 13.8. The van der Waals surface area contributed by atoms with E-state index in [2.05, 4.69) is 34.7 Å². The minimum atomic E-state index is -7.22. The van der Waals surface area contributed by atoms with Crippen LogP contribution in [0.1, 0.15) is 79.1 Å². The number of halogens is 20. The maximum Gasteiger partial charge on any atom is 0.200 e. The summed E-state index contributed by atoms with van der Waals surface area (Å²) in [4.78, 5) is 1.84. The Hall–Kier alpha value is -4.50. The summed E-state index contributed by atoms with van der Waals surface area (Å²) in [5.74, 6) is -69.6. The van der Waals surface area contributed by atoms with Crippen LogP contribution in [0.3, 0.4) is 0 Å². The van der Waals surface area contributed by atoms with Gasteiger partial charge in [-0.05, 0) is 39.5 Å². The monoisotopic (exact) mass is 931 g/mol. The molecular formula is C41H34BF20N. The van der Waals surface area contributed by atoms with Gasteiger partial charge in [0.1, 0.15) is 52.7 Å². The van der Waals surface area contributed by atoms with Gasteiger partial charge < -0.3 is 4.90 Å². The fraction of sp³-hybridized carbons (Fsp3) is 0.415. The Kier molecular flexibility index (Phi) is 13.7. The van der Waals surface area contributed by atoms with Crippen molar-refractivity contribution in [2.75, 3.05) is 7.05 Å². The summed E-state index contributed by atoms with van der Waals surface area (Å²) < 4.78 is 294. The quantitative estimate of drug-likeness (QED) is 0.0852. The van der Waals surface area contributed by atoms with E-state index in [9.17, 15) is 52.7 Å². The molecule has 0 bridgehead atoms. The third kappa shape index (κ3) is 7.33. The average Bonchev–Trinajstić information content (AvgIpc) is 3.25. The Labute approximate surface area is 346 Å². The fourth-order valence-electron chi connectivity index (χ4n) is 9.66. The van der Waals surface area contributed by atoms with Crippen LogP contribution in [0.15, 0.2) is 0 Å². The van der Waals surface area contributed by atoms with E-state index in [0.29, 0.717) is 11.1 Å². The molecule has 1 N–H and O–H groups in total. The number of quaternary nitrogens is 1. The lowest BCUT2D eigenvalue weighted by Crippen LogP contribution is -3.25. The van der Waals surface area contributed by atoms with Crippen LogP contribution in [0.25, 0.3) is 0 Å². The molecule has 2 saturated carbocycles. The first kappa shape index (κ1) is 49.5. The van der Waals surface area contributed by atoms with Gasteiger partial charge >= 0.3 is 0 Å². The molecule has 4 atom stereocenters. The molecule has 0 heterocycles. The van der Waals surface area contributed by atoms with Crippen molar-refractivity contribution in [3.05, 3.63) is 116 Å². The van der Waals surface area contributed by atoms with Crippen molar-refractivity contribution in [2.24, 2.45) is 11.8 Å². The van der Waals surface area contributed by atoms with E-state index >= 15 is 35.1 Å². The van der Waals surface area contributed by atoms with Gasteiger partial charge in [0.05, 0.1) is 18.1 Å². The molecule has 0 saturated heterocycles. The first-order valence-corrected chi connectivity index (χ1v) is 19.2. The number of hydrogen-bond acceptors (Lipinski definition) is 0. The second-order valence-electron chi connectivity index (χ2n) is 16.6. The van der Waals surface area contributed by atoms with E-state index in [1.807, 2.05) is 4.90 Å².